The number of aromatic nitrogens is 3. The number of nitrogens with one attached hydrogen (secondary N) is 1. The van der Waals surface area contributed by atoms with Crippen molar-refractivity contribution in [1.82, 2.24) is 14.5 Å². The van der Waals surface area contributed by atoms with Crippen molar-refractivity contribution in [2.45, 2.75) is 6.18 Å². The minimum Gasteiger partial charge on any atom is -0.699 e. The lowest BCUT2D eigenvalue weighted by molar-refractivity contribution is -0.145. The molecule has 0 fully saturated rings. The molecule has 2 aromatic heterocycles. The number of nitrogens with zero attached hydrogens (tertiary/aromatic N) is 3. The second-order valence-corrected chi connectivity index (χ2v) is 4.16. The number of benzene rings is 1. The highest BCUT2D eigenvalue weighted by Gasteiger charge is 2.38. The van der Waals surface area contributed by atoms with E-state index in [0.717, 1.165) is 4.57 Å². The lowest BCUT2D eigenvalue weighted by Crippen LogP contribution is -2.14. The SMILES string of the molecule is [NH-]c1ccc(-n2c(C(F)(F)F)nc3cccnc32)cc1. The van der Waals surface area contributed by atoms with Crippen molar-refractivity contribution in [3.8, 4) is 5.69 Å². The van der Waals surface area contributed by atoms with Gasteiger partial charge in [-0.2, -0.15) is 13.2 Å². The van der Waals surface area contributed by atoms with E-state index in [2.05, 4.69) is 9.97 Å². The van der Waals surface area contributed by atoms with Gasteiger partial charge < -0.3 is 5.73 Å². The molecule has 3 aromatic rings. The number of fused-ring (bicyclic) bond motifs is 1. The van der Waals surface area contributed by atoms with Crippen LogP contribution in [0.1, 0.15) is 5.82 Å². The monoisotopic (exact) mass is 277 g/mol. The van der Waals surface area contributed by atoms with Crippen molar-refractivity contribution in [1.29, 1.82) is 0 Å². The fourth-order valence-corrected chi connectivity index (χ4v) is 1.96. The van der Waals surface area contributed by atoms with Crippen LogP contribution in [0.4, 0.5) is 18.9 Å². The van der Waals surface area contributed by atoms with Crippen LogP contribution in [-0.2, 0) is 6.18 Å². The minimum atomic E-state index is -4.58. The molecule has 20 heavy (non-hydrogen) atoms. The van der Waals surface area contributed by atoms with Crippen LogP contribution in [0, 0.1) is 0 Å². The van der Waals surface area contributed by atoms with Gasteiger partial charge in [0.15, 0.2) is 5.65 Å². The molecule has 0 saturated heterocycles. The molecule has 4 nitrogen and oxygen atoms in total. The van der Waals surface area contributed by atoms with Crippen LogP contribution in [0.3, 0.4) is 0 Å². The molecule has 0 spiro atoms. The third kappa shape index (κ3) is 1.97. The summed E-state index contributed by atoms with van der Waals surface area (Å²) in [4.78, 5) is 7.58. The van der Waals surface area contributed by atoms with Gasteiger partial charge in [-0.05, 0) is 24.3 Å². The van der Waals surface area contributed by atoms with Gasteiger partial charge in [0, 0.05) is 11.9 Å². The number of hydrogen-bond acceptors (Lipinski definition) is 2. The predicted octanol–water partition coefficient (Wildman–Crippen LogP) is 4.12. The Bertz CT molecular complexity index is 759. The normalized spacial score (nSPS) is 11.9. The highest BCUT2D eigenvalue weighted by molar-refractivity contribution is 5.74. The van der Waals surface area contributed by atoms with E-state index >= 15 is 0 Å². The molecular weight excluding hydrogens is 269 g/mol. The Morgan fingerprint density at radius 3 is 2.40 bits per heavy atom. The summed E-state index contributed by atoms with van der Waals surface area (Å²) < 4.78 is 40.3. The van der Waals surface area contributed by atoms with E-state index in [0.29, 0.717) is 0 Å². The Morgan fingerprint density at radius 2 is 1.75 bits per heavy atom. The number of rotatable bonds is 1. The Hall–Kier alpha value is -2.57. The zero-order valence-electron chi connectivity index (χ0n) is 10.0. The molecule has 0 aliphatic rings. The zero-order valence-corrected chi connectivity index (χ0v) is 10.0. The summed E-state index contributed by atoms with van der Waals surface area (Å²) in [5.41, 5.74) is 8.20. The number of alkyl halides is 3. The molecule has 0 amide bonds. The molecular formula is C13H8F3N4-. The first-order chi connectivity index (χ1) is 9.47. The molecule has 102 valence electrons. The van der Waals surface area contributed by atoms with E-state index in [1.54, 1.807) is 0 Å². The van der Waals surface area contributed by atoms with Crippen molar-refractivity contribution in [3.63, 3.8) is 0 Å². The van der Waals surface area contributed by atoms with Crippen LogP contribution in [0.5, 0.6) is 0 Å². The number of pyridine rings is 1. The lowest BCUT2D eigenvalue weighted by atomic mass is 10.3. The van der Waals surface area contributed by atoms with Gasteiger partial charge in [-0.25, -0.2) is 9.97 Å². The fraction of sp³-hybridized carbons (Fsp3) is 0.0769. The maximum atomic E-state index is 13.1. The Morgan fingerprint density at radius 1 is 1.05 bits per heavy atom. The zero-order chi connectivity index (χ0) is 14.3. The van der Waals surface area contributed by atoms with E-state index in [1.165, 1.54) is 42.6 Å². The first-order valence-electron chi connectivity index (χ1n) is 5.69. The summed E-state index contributed by atoms with van der Waals surface area (Å²) in [6.45, 7) is 0. The third-order valence-corrected chi connectivity index (χ3v) is 2.80. The van der Waals surface area contributed by atoms with Crippen LogP contribution in [0.15, 0.2) is 42.6 Å². The van der Waals surface area contributed by atoms with Crippen LogP contribution < -0.4 is 0 Å². The van der Waals surface area contributed by atoms with Gasteiger partial charge in [0.25, 0.3) is 0 Å². The quantitative estimate of drug-likeness (QED) is 0.671. The highest BCUT2D eigenvalue weighted by atomic mass is 19.4. The average molecular weight is 277 g/mol. The van der Waals surface area contributed by atoms with Crippen LogP contribution in [0.25, 0.3) is 22.6 Å². The lowest BCUT2D eigenvalue weighted by Gasteiger charge is -2.12. The Balaban J connectivity index is 2.34. The van der Waals surface area contributed by atoms with Gasteiger partial charge in [-0.3, -0.25) is 4.57 Å². The van der Waals surface area contributed by atoms with Crippen LogP contribution in [-0.4, -0.2) is 14.5 Å². The topological polar surface area (TPSA) is 54.5 Å². The van der Waals surface area contributed by atoms with Gasteiger partial charge >= 0.3 is 6.18 Å². The second kappa shape index (κ2) is 4.22. The number of imidazole rings is 1. The van der Waals surface area contributed by atoms with Gasteiger partial charge in [0.05, 0.1) is 0 Å². The number of halogens is 3. The number of hydrogen-bond donors (Lipinski definition) is 0. The third-order valence-electron chi connectivity index (χ3n) is 2.80. The van der Waals surface area contributed by atoms with Gasteiger partial charge in [-0.15, -0.1) is 5.69 Å². The van der Waals surface area contributed by atoms with Gasteiger partial charge in [-0.1, -0.05) is 12.1 Å². The van der Waals surface area contributed by atoms with Gasteiger partial charge in [0.2, 0.25) is 5.82 Å². The van der Waals surface area contributed by atoms with E-state index in [1.807, 2.05) is 0 Å². The van der Waals surface area contributed by atoms with E-state index in [9.17, 15) is 13.2 Å². The summed E-state index contributed by atoms with van der Waals surface area (Å²) in [6.07, 6.45) is -3.17. The van der Waals surface area contributed by atoms with Crippen molar-refractivity contribution in [2.75, 3.05) is 0 Å². The Kier molecular flexibility index (Phi) is 2.63. The molecule has 0 radical (unpaired) electrons. The molecule has 1 aromatic carbocycles. The first kappa shape index (κ1) is 12.5. The minimum absolute atomic E-state index is 0.137. The second-order valence-electron chi connectivity index (χ2n) is 4.16. The molecule has 2 heterocycles. The van der Waals surface area contributed by atoms with E-state index in [-0.39, 0.29) is 22.5 Å². The summed E-state index contributed by atoms with van der Waals surface area (Å²) in [6, 6.07) is 8.73. The summed E-state index contributed by atoms with van der Waals surface area (Å²) in [5.74, 6) is -1.02. The average Bonchev–Trinajstić information content (AvgIpc) is 2.79. The molecule has 0 saturated carbocycles. The predicted molar refractivity (Wildman–Crippen MR) is 67.8 cm³/mol. The maximum Gasteiger partial charge on any atom is 0.450 e. The molecule has 0 unspecified atom stereocenters. The van der Waals surface area contributed by atoms with E-state index < -0.39 is 12.0 Å². The molecule has 1 N–H and O–H groups in total. The molecule has 3 rings (SSSR count). The van der Waals surface area contributed by atoms with Crippen molar-refractivity contribution in [3.05, 3.63) is 54.2 Å². The van der Waals surface area contributed by atoms with E-state index in [4.69, 9.17) is 5.73 Å². The molecule has 0 aliphatic carbocycles. The van der Waals surface area contributed by atoms with Crippen molar-refractivity contribution < 1.29 is 13.2 Å². The summed E-state index contributed by atoms with van der Waals surface area (Å²) in [7, 11) is 0. The molecule has 0 bridgehead atoms. The van der Waals surface area contributed by atoms with Crippen LogP contribution in [0.2, 0.25) is 0 Å². The molecule has 0 atom stereocenters. The van der Waals surface area contributed by atoms with Gasteiger partial charge in [0.1, 0.15) is 5.52 Å². The van der Waals surface area contributed by atoms with Crippen LogP contribution >= 0.6 is 0 Å². The highest BCUT2D eigenvalue weighted by Crippen LogP contribution is 2.33. The standard InChI is InChI=1S/C13H8F3N4/c14-13(15,16)12-19-10-2-1-7-18-11(10)20(12)9-5-3-8(17)4-6-9/h1-7,17H/q-1. The summed E-state index contributed by atoms with van der Waals surface area (Å²) >= 11 is 0. The molecule has 0 aliphatic heterocycles. The largest absolute Gasteiger partial charge is 0.699 e. The fourth-order valence-electron chi connectivity index (χ4n) is 1.96. The Labute approximate surface area is 111 Å². The first-order valence-corrected chi connectivity index (χ1v) is 5.69. The maximum absolute atomic E-state index is 13.1. The smallest absolute Gasteiger partial charge is 0.450 e. The summed E-state index contributed by atoms with van der Waals surface area (Å²) in [5, 5.41) is 0. The van der Waals surface area contributed by atoms with Crippen molar-refractivity contribution in [2.24, 2.45) is 0 Å². The van der Waals surface area contributed by atoms with Crippen molar-refractivity contribution >= 4 is 16.9 Å². The molecule has 7 heteroatoms.